The third kappa shape index (κ3) is 763. The third-order valence-electron chi connectivity index (χ3n) is 0.305. The fourth-order valence-corrected chi connectivity index (χ4v) is 0.144. The number of alkyl halides is 5. The zero-order valence-corrected chi connectivity index (χ0v) is 11.7. The largest absolute Gasteiger partial charge is 1.00 e. The van der Waals surface area contributed by atoms with Gasteiger partial charge in [0.1, 0.15) is 0 Å². The van der Waals surface area contributed by atoms with E-state index in [-0.39, 0.29) is 131 Å². The van der Waals surface area contributed by atoms with Crippen LogP contribution >= 0.6 is 0 Å². The molecule has 0 aliphatic carbocycles. The van der Waals surface area contributed by atoms with Gasteiger partial charge in [-0.1, -0.05) is 66.8 Å². The second-order valence-corrected chi connectivity index (χ2v) is 1.46. The minimum atomic E-state index is -5.50. The van der Waals surface area contributed by atoms with Gasteiger partial charge in [0.2, 0.25) is 0 Å². The first-order chi connectivity index (χ1) is 6.18. The van der Waals surface area contributed by atoms with E-state index in [2.05, 4.69) is 18.6 Å². The molecule has 0 radical (unpaired) electrons. The van der Waals surface area contributed by atoms with Crippen molar-refractivity contribution in [2.75, 3.05) is 13.3 Å². The first-order valence-electron chi connectivity index (χ1n) is 3.22. The Balaban J connectivity index is -0.00000000584. The number of carbonyl (C=O) groups is 1. The molecule has 0 saturated heterocycles. The Morgan fingerprint density at radius 3 is 0.958 bits per heavy atom. The summed E-state index contributed by atoms with van der Waals surface area (Å²) in [6, 6.07) is 0. The van der Waals surface area contributed by atoms with Crippen molar-refractivity contribution in [2.45, 2.75) is 80.2 Å². The summed E-state index contributed by atoms with van der Waals surface area (Å²) in [5, 5.41) is 0. The summed E-state index contributed by atoms with van der Waals surface area (Å²) >= 11 is 0. The van der Waals surface area contributed by atoms with Crippen LogP contribution in [0.2, 0.25) is 0 Å². The van der Waals surface area contributed by atoms with E-state index in [1.54, 1.807) is 0 Å². The molecule has 0 aliphatic heterocycles. The van der Waals surface area contributed by atoms with E-state index in [0.29, 0.717) is 0 Å². The topological polar surface area (TPSA) is 26.3 Å². The molecule has 0 spiro atoms. The van der Waals surface area contributed by atoms with Gasteiger partial charge >= 0.3 is 57.8 Å². The van der Waals surface area contributed by atoms with Crippen LogP contribution in [0.1, 0.15) is 73.8 Å². The number of hydrogen-bond acceptors (Lipinski definition) is 2. The average molecular weight is 406 g/mol. The Morgan fingerprint density at radius 2 is 0.958 bits per heavy atom. The molecule has 0 unspecified atom stereocenters. The summed E-state index contributed by atoms with van der Waals surface area (Å²) in [5.74, 6) is -0.273. The van der Waals surface area contributed by atoms with Crippen molar-refractivity contribution >= 4 is 5.97 Å². The minimum absolute atomic E-state index is 0. The Labute approximate surface area is 194 Å². The van der Waals surface area contributed by atoms with Gasteiger partial charge in [-0.05, 0) is 13.3 Å². The van der Waals surface area contributed by atoms with Gasteiger partial charge in [-0.2, -0.15) is 0 Å². The van der Waals surface area contributed by atoms with Gasteiger partial charge in [-0.15, -0.1) is 17.6 Å². The van der Waals surface area contributed by atoms with Crippen molar-refractivity contribution in [3.63, 3.8) is 0 Å². The molecule has 0 amide bonds. The molecule has 160 valence electrons. The van der Waals surface area contributed by atoms with E-state index in [0.717, 1.165) is 0 Å². The number of rotatable bonds is 1. The van der Waals surface area contributed by atoms with E-state index in [9.17, 15) is 26.7 Å². The molecule has 8 heteroatoms. The summed E-state index contributed by atoms with van der Waals surface area (Å²) in [6.45, 7) is 7.19. The molecule has 0 rings (SSSR count). The molecular weight excluding hydrogens is 358 g/mol. The van der Waals surface area contributed by atoms with Gasteiger partial charge < -0.3 is 18.6 Å². The normalized spacial score (nSPS) is 5.17. The van der Waals surface area contributed by atoms with E-state index in [1.165, 1.54) is 6.92 Å². The summed E-state index contributed by atoms with van der Waals surface area (Å²) in [7, 11) is 0. The van der Waals surface area contributed by atoms with Crippen molar-refractivity contribution in [1.29, 1.82) is 0 Å². The van der Waals surface area contributed by atoms with E-state index in [4.69, 9.17) is 0 Å². The first-order valence-corrected chi connectivity index (χ1v) is 3.22. The van der Waals surface area contributed by atoms with Gasteiger partial charge in [0, 0.05) is 6.92 Å². The molecule has 0 fully saturated rings. The van der Waals surface area contributed by atoms with Gasteiger partial charge in [-0.3, -0.25) is 9.18 Å². The molecule has 0 aromatic carbocycles. The van der Waals surface area contributed by atoms with E-state index >= 15 is 0 Å². The molecular formula is C16H47F5KO2-. The second kappa shape index (κ2) is 75.6. The Kier molecular flexibility index (Phi) is 318. The fourth-order valence-electron chi connectivity index (χ4n) is 0.144. The molecule has 0 aromatic rings. The minimum Gasteiger partial charge on any atom is -0.499 e. The quantitative estimate of drug-likeness (QED) is 0.253. The van der Waals surface area contributed by atoms with Crippen LogP contribution in [-0.2, 0) is 9.53 Å². The van der Waals surface area contributed by atoms with Crippen LogP contribution in [0.25, 0.3) is 0 Å². The first kappa shape index (κ1) is 101. The number of hydrogen-bond donors (Lipinski definition) is 0. The van der Waals surface area contributed by atoms with Gasteiger partial charge in [0.15, 0.2) is 0 Å². The van der Waals surface area contributed by atoms with Gasteiger partial charge in [-0.25, -0.2) is 0 Å². The Bertz CT molecular complexity index is 130. The van der Waals surface area contributed by atoms with Gasteiger partial charge in [0.05, 0.1) is 0 Å². The molecule has 0 aromatic heterocycles. The van der Waals surface area contributed by atoms with Crippen molar-refractivity contribution in [1.82, 2.24) is 0 Å². The molecule has 0 aliphatic rings. The predicted molar refractivity (Wildman–Crippen MR) is 101 cm³/mol. The maximum atomic E-state index is 10.2. The summed E-state index contributed by atoms with van der Waals surface area (Å²) in [4.78, 5) is 9.78. The van der Waals surface area contributed by atoms with Crippen molar-refractivity contribution in [3.05, 3.63) is 13.8 Å². The maximum absolute atomic E-state index is 10.2. The number of halogens is 5. The van der Waals surface area contributed by atoms with Gasteiger partial charge in [0.25, 0.3) is 5.97 Å². The maximum Gasteiger partial charge on any atom is 1.00 e. The third-order valence-corrected chi connectivity index (χ3v) is 0.305. The monoisotopic (exact) mass is 405 g/mol. The number of esters is 1. The molecule has 0 bridgehead atoms. The van der Waals surface area contributed by atoms with Crippen LogP contribution in [0, 0.1) is 13.8 Å². The molecule has 24 heavy (non-hydrogen) atoms. The van der Waals surface area contributed by atoms with Crippen LogP contribution in [0.4, 0.5) is 22.0 Å². The SMILES string of the molecule is C.C.C.C.C.C.C.C.C.FC(F)(F)F.[CH2-]CF.[CH2-]COC(C)=O.[K+]. The van der Waals surface area contributed by atoms with E-state index < -0.39 is 13.1 Å². The Hall–Kier alpha value is 0.756. The summed E-state index contributed by atoms with van der Waals surface area (Å²) < 4.78 is 53.2. The number of carbonyl (C=O) groups excluding carboxylic acids is 1. The van der Waals surface area contributed by atoms with Crippen LogP contribution in [0.15, 0.2) is 0 Å². The second-order valence-electron chi connectivity index (χ2n) is 1.46. The van der Waals surface area contributed by atoms with Crippen LogP contribution in [0.5, 0.6) is 0 Å². The predicted octanol–water partition coefficient (Wildman–Crippen LogP) is 5.38. The average Bonchev–Trinajstić information content (AvgIpc) is 1.83. The molecule has 0 saturated carbocycles. The van der Waals surface area contributed by atoms with Crippen LogP contribution < -0.4 is 51.4 Å². The molecule has 0 N–H and O–H groups in total. The van der Waals surface area contributed by atoms with Crippen LogP contribution in [0.3, 0.4) is 0 Å². The summed E-state index contributed by atoms with van der Waals surface area (Å²) in [6.07, 6.45) is -5.50. The zero-order valence-electron chi connectivity index (χ0n) is 8.53. The van der Waals surface area contributed by atoms with Crippen molar-refractivity contribution < 1.29 is 82.9 Å². The Morgan fingerprint density at radius 1 is 0.833 bits per heavy atom. The summed E-state index contributed by atoms with van der Waals surface area (Å²) in [5.41, 5.74) is 0. The zero-order chi connectivity index (χ0) is 12.2. The number of ether oxygens (including phenoxy) is 1. The molecule has 0 heterocycles. The van der Waals surface area contributed by atoms with E-state index in [1.807, 2.05) is 0 Å². The smallest absolute Gasteiger partial charge is 0.499 e. The fraction of sp³-hybridized carbons (Fsp3) is 0.812. The standard InChI is InChI=1S/C4H7O2.C2H4F.CF4.9CH4.K/c1-3-6-4(2)5;1-2-3;2-1(3,4)5;;;;;;;;;;/h1,3H2,2H3;1-2H2;;9*1H4;/q2*-1;;;;;;;;;;;+1. The molecule has 0 atom stereocenters. The van der Waals surface area contributed by atoms with Crippen molar-refractivity contribution in [3.8, 4) is 0 Å². The van der Waals surface area contributed by atoms with Crippen molar-refractivity contribution in [2.24, 2.45) is 0 Å². The van der Waals surface area contributed by atoms with Crippen LogP contribution in [-0.4, -0.2) is 25.7 Å². The molecule has 2 nitrogen and oxygen atoms in total.